The highest BCUT2D eigenvalue weighted by atomic mass is 16.5. The molecule has 1 aromatic carbocycles. The van der Waals surface area contributed by atoms with Crippen LogP contribution in [-0.4, -0.2) is 6.61 Å². The molecular formula is C19H32O. The molecule has 0 N–H and O–H groups in total. The van der Waals surface area contributed by atoms with E-state index in [1.165, 1.54) is 56.9 Å². The van der Waals surface area contributed by atoms with Crippen LogP contribution in [0.3, 0.4) is 0 Å². The summed E-state index contributed by atoms with van der Waals surface area (Å²) in [7, 11) is 0. The van der Waals surface area contributed by atoms with Crippen molar-refractivity contribution in [2.45, 2.75) is 72.1 Å². The molecule has 0 bridgehead atoms. The van der Waals surface area contributed by atoms with Crippen LogP contribution in [0.5, 0.6) is 5.75 Å². The monoisotopic (exact) mass is 276 g/mol. The molecule has 0 saturated heterocycles. The third-order valence-electron chi connectivity index (χ3n) is 4.07. The van der Waals surface area contributed by atoms with Crippen LogP contribution in [0.25, 0.3) is 0 Å². The van der Waals surface area contributed by atoms with Gasteiger partial charge in [0, 0.05) is 0 Å². The molecule has 0 aliphatic rings. The fraction of sp³-hybridized carbons (Fsp3) is 0.684. The number of rotatable bonds is 11. The minimum atomic E-state index is 0.856. The van der Waals surface area contributed by atoms with Crippen LogP contribution in [0.4, 0.5) is 0 Å². The first-order chi connectivity index (χ1) is 9.76. The van der Waals surface area contributed by atoms with Crippen molar-refractivity contribution < 1.29 is 4.74 Å². The average molecular weight is 276 g/mol. The van der Waals surface area contributed by atoms with E-state index in [4.69, 9.17) is 4.74 Å². The Kier molecular flexibility index (Phi) is 9.19. The lowest BCUT2D eigenvalue weighted by Gasteiger charge is -2.13. The van der Waals surface area contributed by atoms with E-state index in [1.807, 2.05) is 0 Å². The lowest BCUT2D eigenvalue weighted by Crippen LogP contribution is -1.99. The lowest BCUT2D eigenvalue weighted by molar-refractivity contribution is 0.302. The Morgan fingerprint density at radius 1 is 0.900 bits per heavy atom. The predicted octanol–water partition coefficient (Wildman–Crippen LogP) is 6.15. The molecule has 1 aromatic rings. The standard InChI is InChI=1S/C19H32O/c1-4-10-18(5-2)11-8-6-7-9-16-20-19-14-12-17(3)13-15-19/h12-15,18H,4-11,16H2,1-3H3. The summed E-state index contributed by atoms with van der Waals surface area (Å²) >= 11 is 0. The van der Waals surface area contributed by atoms with Crippen molar-refractivity contribution in [2.24, 2.45) is 5.92 Å². The van der Waals surface area contributed by atoms with E-state index in [9.17, 15) is 0 Å². The summed E-state index contributed by atoms with van der Waals surface area (Å²) in [6.45, 7) is 7.59. The Labute approximate surface area is 125 Å². The topological polar surface area (TPSA) is 9.23 Å². The zero-order valence-electron chi connectivity index (χ0n) is 13.7. The van der Waals surface area contributed by atoms with Gasteiger partial charge in [-0.3, -0.25) is 0 Å². The molecule has 20 heavy (non-hydrogen) atoms. The second-order valence-electron chi connectivity index (χ2n) is 5.93. The van der Waals surface area contributed by atoms with Crippen molar-refractivity contribution in [1.29, 1.82) is 0 Å². The van der Waals surface area contributed by atoms with Crippen LogP contribution >= 0.6 is 0 Å². The van der Waals surface area contributed by atoms with E-state index >= 15 is 0 Å². The van der Waals surface area contributed by atoms with Gasteiger partial charge in [-0.2, -0.15) is 0 Å². The van der Waals surface area contributed by atoms with Crippen LogP contribution in [0.1, 0.15) is 70.8 Å². The molecule has 0 amide bonds. The van der Waals surface area contributed by atoms with Gasteiger partial charge < -0.3 is 4.74 Å². The van der Waals surface area contributed by atoms with Crippen LogP contribution in [0, 0.1) is 12.8 Å². The SMILES string of the molecule is CCCC(CC)CCCCCCOc1ccc(C)cc1. The van der Waals surface area contributed by atoms with E-state index in [2.05, 4.69) is 45.0 Å². The zero-order valence-corrected chi connectivity index (χ0v) is 13.7. The van der Waals surface area contributed by atoms with Crippen molar-refractivity contribution in [2.75, 3.05) is 6.61 Å². The molecule has 0 aliphatic carbocycles. The van der Waals surface area contributed by atoms with Crippen molar-refractivity contribution in [3.05, 3.63) is 29.8 Å². The van der Waals surface area contributed by atoms with Crippen LogP contribution in [-0.2, 0) is 0 Å². The molecule has 1 nitrogen and oxygen atoms in total. The van der Waals surface area contributed by atoms with Gasteiger partial charge in [-0.25, -0.2) is 0 Å². The maximum atomic E-state index is 5.75. The molecule has 114 valence electrons. The normalized spacial score (nSPS) is 12.3. The number of aryl methyl sites for hydroxylation is 1. The minimum Gasteiger partial charge on any atom is -0.494 e. The van der Waals surface area contributed by atoms with E-state index in [1.54, 1.807) is 0 Å². The molecule has 0 aliphatic heterocycles. The molecule has 0 saturated carbocycles. The van der Waals surface area contributed by atoms with Crippen LogP contribution < -0.4 is 4.74 Å². The third-order valence-corrected chi connectivity index (χ3v) is 4.07. The van der Waals surface area contributed by atoms with Gasteiger partial charge in [-0.05, 0) is 31.4 Å². The van der Waals surface area contributed by atoms with Gasteiger partial charge in [0.25, 0.3) is 0 Å². The molecule has 0 heterocycles. The highest BCUT2D eigenvalue weighted by Gasteiger charge is 2.04. The van der Waals surface area contributed by atoms with E-state index in [0.717, 1.165) is 18.3 Å². The summed E-state index contributed by atoms with van der Waals surface area (Å²) in [5.74, 6) is 1.97. The van der Waals surface area contributed by atoms with Gasteiger partial charge in [0.15, 0.2) is 0 Å². The molecule has 0 radical (unpaired) electrons. The van der Waals surface area contributed by atoms with Crippen molar-refractivity contribution in [3.8, 4) is 5.75 Å². The fourth-order valence-corrected chi connectivity index (χ4v) is 2.67. The smallest absolute Gasteiger partial charge is 0.119 e. The van der Waals surface area contributed by atoms with Crippen molar-refractivity contribution >= 4 is 0 Å². The number of hydrogen-bond acceptors (Lipinski definition) is 1. The van der Waals surface area contributed by atoms with Gasteiger partial charge in [0.1, 0.15) is 5.75 Å². The van der Waals surface area contributed by atoms with Gasteiger partial charge in [-0.15, -0.1) is 0 Å². The number of unbranched alkanes of at least 4 members (excludes halogenated alkanes) is 3. The highest BCUT2D eigenvalue weighted by molar-refractivity contribution is 5.26. The Bertz CT molecular complexity index is 328. The Morgan fingerprint density at radius 3 is 2.25 bits per heavy atom. The molecule has 0 spiro atoms. The van der Waals surface area contributed by atoms with Gasteiger partial charge in [-0.1, -0.05) is 76.5 Å². The Hall–Kier alpha value is -0.980. The quantitative estimate of drug-likeness (QED) is 0.440. The van der Waals surface area contributed by atoms with Gasteiger partial charge in [0.2, 0.25) is 0 Å². The molecule has 0 fully saturated rings. The second-order valence-corrected chi connectivity index (χ2v) is 5.93. The first-order valence-electron chi connectivity index (χ1n) is 8.45. The third kappa shape index (κ3) is 7.57. The van der Waals surface area contributed by atoms with Crippen LogP contribution in [0.2, 0.25) is 0 Å². The summed E-state index contributed by atoms with van der Waals surface area (Å²) in [5, 5.41) is 0. The van der Waals surface area contributed by atoms with Crippen molar-refractivity contribution in [3.63, 3.8) is 0 Å². The summed E-state index contributed by atoms with van der Waals surface area (Å²) in [4.78, 5) is 0. The molecule has 0 aromatic heterocycles. The van der Waals surface area contributed by atoms with E-state index in [-0.39, 0.29) is 0 Å². The molecule has 1 heteroatoms. The fourth-order valence-electron chi connectivity index (χ4n) is 2.67. The maximum absolute atomic E-state index is 5.75. The van der Waals surface area contributed by atoms with E-state index < -0.39 is 0 Å². The van der Waals surface area contributed by atoms with Crippen LogP contribution in [0.15, 0.2) is 24.3 Å². The summed E-state index contributed by atoms with van der Waals surface area (Å²) < 4.78 is 5.75. The number of hydrogen-bond donors (Lipinski definition) is 0. The highest BCUT2D eigenvalue weighted by Crippen LogP contribution is 2.19. The first kappa shape index (κ1) is 17.1. The number of benzene rings is 1. The number of ether oxygens (including phenoxy) is 1. The zero-order chi connectivity index (χ0) is 14.6. The Morgan fingerprint density at radius 2 is 1.60 bits per heavy atom. The summed E-state index contributed by atoms with van der Waals surface area (Å²) in [6, 6.07) is 8.33. The average Bonchev–Trinajstić information content (AvgIpc) is 2.47. The maximum Gasteiger partial charge on any atom is 0.119 e. The lowest BCUT2D eigenvalue weighted by atomic mass is 9.94. The first-order valence-corrected chi connectivity index (χ1v) is 8.45. The largest absolute Gasteiger partial charge is 0.494 e. The van der Waals surface area contributed by atoms with Crippen molar-refractivity contribution in [1.82, 2.24) is 0 Å². The molecule has 1 atom stereocenters. The van der Waals surface area contributed by atoms with Gasteiger partial charge in [0.05, 0.1) is 6.61 Å². The van der Waals surface area contributed by atoms with Gasteiger partial charge >= 0.3 is 0 Å². The molecular weight excluding hydrogens is 244 g/mol. The van der Waals surface area contributed by atoms with E-state index in [0.29, 0.717) is 0 Å². The predicted molar refractivity (Wildman–Crippen MR) is 88.4 cm³/mol. The molecule has 1 rings (SSSR count). The molecule has 1 unspecified atom stereocenters. The summed E-state index contributed by atoms with van der Waals surface area (Å²) in [5.41, 5.74) is 1.29. The second kappa shape index (κ2) is 10.8. The minimum absolute atomic E-state index is 0.856. The summed E-state index contributed by atoms with van der Waals surface area (Å²) in [6.07, 6.45) is 10.7. The Balaban J connectivity index is 1.98.